The number of fused-ring (bicyclic) bond motifs is 3. The Morgan fingerprint density at radius 1 is 1.11 bits per heavy atom. The van der Waals surface area contributed by atoms with E-state index in [1.807, 2.05) is 0 Å². The van der Waals surface area contributed by atoms with Crippen molar-refractivity contribution in [1.29, 1.82) is 5.26 Å². The van der Waals surface area contributed by atoms with Gasteiger partial charge in [-0.1, -0.05) is 0 Å². The number of rotatable bonds is 5. The highest BCUT2D eigenvalue weighted by Crippen LogP contribution is 2.48. The molecule has 200 valence electrons. The molecule has 2 bridgehead atoms. The number of nitrogens with two attached hydrogens (primary N) is 1. The van der Waals surface area contributed by atoms with Crippen LogP contribution < -0.4 is 5.73 Å². The van der Waals surface area contributed by atoms with E-state index in [1.54, 1.807) is 4.90 Å². The van der Waals surface area contributed by atoms with Crippen molar-refractivity contribution >= 4 is 11.8 Å². The topological polar surface area (TPSA) is 93.7 Å². The zero-order valence-electron chi connectivity index (χ0n) is 19.8. The Kier molecular flexibility index (Phi) is 5.99. The molecule has 3 heterocycles. The van der Waals surface area contributed by atoms with Gasteiger partial charge in [-0.05, 0) is 62.3 Å². The Morgan fingerprint density at radius 3 is 2.30 bits per heavy atom. The molecule has 1 saturated carbocycles. The Hall–Kier alpha value is -2.85. The number of hydrogen-bond acceptors (Lipinski definition) is 5. The number of likely N-dealkylation sites (tertiary alicyclic amines) is 2. The van der Waals surface area contributed by atoms with Gasteiger partial charge in [0, 0.05) is 12.6 Å². The fraction of sp³-hybridized carbons (Fsp3) is 0.625. The van der Waals surface area contributed by atoms with Crippen molar-refractivity contribution in [3.63, 3.8) is 0 Å². The van der Waals surface area contributed by atoms with Gasteiger partial charge in [-0.2, -0.15) is 31.6 Å². The number of hydrogen-bond donors (Lipinski definition) is 1. The average Bonchev–Trinajstić information content (AvgIpc) is 3.20. The van der Waals surface area contributed by atoms with Gasteiger partial charge < -0.3 is 15.5 Å². The third-order valence-electron chi connectivity index (χ3n) is 8.08. The van der Waals surface area contributed by atoms with E-state index in [2.05, 4.69) is 6.07 Å². The zero-order valence-corrected chi connectivity index (χ0v) is 19.8. The lowest BCUT2D eigenvalue weighted by molar-refractivity contribution is -0.143. The SMILES string of the molecule is C[C@@H](c1cc(C(F)(F)F)cc(C(F)(F)F)c1)N1C(=O)[C@@H]2CCC1N2CC(N)C(=O)N1C(C#N)C[C@@H]2C[C@@H]21. The van der Waals surface area contributed by atoms with Crippen LogP contribution in [0.15, 0.2) is 18.2 Å². The van der Waals surface area contributed by atoms with Crippen molar-refractivity contribution in [3.05, 3.63) is 34.9 Å². The van der Waals surface area contributed by atoms with E-state index in [0.29, 0.717) is 37.3 Å². The number of nitriles is 1. The van der Waals surface area contributed by atoms with E-state index >= 15 is 0 Å². The van der Waals surface area contributed by atoms with E-state index in [9.17, 15) is 41.2 Å². The second-order valence-electron chi connectivity index (χ2n) is 10.3. The van der Waals surface area contributed by atoms with E-state index in [4.69, 9.17) is 5.73 Å². The van der Waals surface area contributed by atoms with Gasteiger partial charge >= 0.3 is 12.4 Å². The fourth-order valence-electron chi connectivity index (χ4n) is 6.19. The first kappa shape index (κ1) is 25.8. The van der Waals surface area contributed by atoms with Gasteiger partial charge in [0.15, 0.2) is 0 Å². The van der Waals surface area contributed by atoms with E-state index < -0.39 is 59.7 Å². The van der Waals surface area contributed by atoms with E-state index in [0.717, 1.165) is 6.42 Å². The molecule has 0 aromatic heterocycles. The summed E-state index contributed by atoms with van der Waals surface area (Å²) in [5, 5.41) is 9.37. The minimum absolute atomic E-state index is 0.000361. The van der Waals surface area contributed by atoms with Crippen molar-refractivity contribution in [2.75, 3.05) is 6.54 Å². The molecule has 1 aliphatic carbocycles. The maximum Gasteiger partial charge on any atom is 0.416 e. The Labute approximate surface area is 208 Å². The highest BCUT2D eigenvalue weighted by Gasteiger charge is 2.56. The largest absolute Gasteiger partial charge is 0.416 e. The predicted octanol–water partition coefficient (Wildman–Crippen LogP) is 3.26. The van der Waals surface area contributed by atoms with Gasteiger partial charge in [0.1, 0.15) is 6.04 Å². The monoisotopic (exact) mass is 529 g/mol. The highest BCUT2D eigenvalue weighted by molar-refractivity contribution is 5.87. The van der Waals surface area contributed by atoms with Crippen molar-refractivity contribution in [2.45, 2.75) is 81.3 Å². The van der Waals surface area contributed by atoms with Crippen molar-refractivity contribution in [1.82, 2.24) is 14.7 Å². The second-order valence-corrected chi connectivity index (χ2v) is 10.3. The van der Waals surface area contributed by atoms with Gasteiger partial charge in [0.25, 0.3) is 0 Å². The standard InChI is InChI=1S/C24H25F6N5O2/c1-11(12-4-14(23(25,26)27)8-15(5-12)24(28,29)30)34-20-3-2-18(22(34)37)33(20)10-17(32)21(36)35-16(9-31)6-13-7-19(13)35/h4-5,8,11,13,16-20H,2-3,6-7,10,32H2,1H3/t11-,13+,16?,17?,18-,19-,20?/m0/s1. The van der Waals surface area contributed by atoms with E-state index in [-0.39, 0.29) is 30.1 Å². The summed E-state index contributed by atoms with van der Waals surface area (Å²) < 4.78 is 80.2. The Morgan fingerprint density at radius 2 is 1.73 bits per heavy atom. The number of alkyl halides is 6. The molecular formula is C24H25F6N5O2. The van der Waals surface area contributed by atoms with Crippen LogP contribution in [0.1, 0.15) is 55.3 Å². The lowest BCUT2D eigenvalue weighted by Gasteiger charge is -2.34. The average molecular weight is 529 g/mol. The number of amides is 2. The molecule has 7 atom stereocenters. The molecule has 7 nitrogen and oxygen atoms in total. The Bertz CT molecular complexity index is 1130. The maximum absolute atomic E-state index is 13.4. The molecule has 2 amide bonds. The highest BCUT2D eigenvalue weighted by atomic mass is 19.4. The molecule has 4 aliphatic rings. The van der Waals surface area contributed by atoms with Crippen molar-refractivity contribution < 1.29 is 35.9 Å². The molecule has 3 aliphatic heterocycles. The van der Waals surface area contributed by atoms with Crippen LogP contribution in [0.3, 0.4) is 0 Å². The van der Waals surface area contributed by atoms with Crippen molar-refractivity contribution in [2.24, 2.45) is 11.7 Å². The molecule has 5 rings (SSSR count). The number of benzene rings is 1. The van der Waals surface area contributed by atoms with Crippen LogP contribution in [0.25, 0.3) is 0 Å². The predicted molar refractivity (Wildman–Crippen MR) is 116 cm³/mol. The minimum Gasteiger partial charge on any atom is -0.322 e. The first-order chi connectivity index (χ1) is 17.2. The summed E-state index contributed by atoms with van der Waals surface area (Å²) in [5.74, 6) is -0.508. The first-order valence-corrected chi connectivity index (χ1v) is 12.1. The number of nitrogens with zero attached hydrogens (tertiary/aromatic N) is 4. The maximum atomic E-state index is 13.4. The van der Waals surface area contributed by atoms with Gasteiger partial charge in [-0.3, -0.25) is 14.5 Å². The molecule has 4 fully saturated rings. The molecule has 3 saturated heterocycles. The van der Waals surface area contributed by atoms with Crippen molar-refractivity contribution in [3.8, 4) is 6.07 Å². The quantitative estimate of drug-likeness (QED) is 0.592. The van der Waals surface area contributed by atoms with Gasteiger partial charge in [-0.25, -0.2) is 0 Å². The third-order valence-corrected chi connectivity index (χ3v) is 8.08. The summed E-state index contributed by atoms with van der Waals surface area (Å²) in [6.07, 6.45) is -8.29. The summed E-state index contributed by atoms with van der Waals surface area (Å²) in [5.41, 5.74) is 3.05. The van der Waals surface area contributed by atoms with E-state index in [1.165, 1.54) is 16.7 Å². The molecule has 3 unspecified atom stereocenters. The zero-order chi connectivity index (χ0) is 27.0. The number of carbonyl (C=O) groups is 2. The van der Waals surface area contributed by atoms with Gasteiger partial charge in [-0.15, -0.1) is 0 Å². The van der Waals surface area contributed by atoms with Crippen LogP contribution >= 0.6 is 0 Å². The van der Waals surface area contributed by atoms with Crippen LogP contribution in [0, 0.1) is 17.2 Å². The molecule has 0 spiro atoms. The molecule has 1 aromatic carbocycles. The van der Waals surface area contributed by atoms with Crippen LogP contribution in [0.2, 0.25) is 0 Å². The summed E-state index contributed by atoms with van der Waals surface area (Å²) in [6, 6.07) is 0.155. The van der Waals surface area contributed by atoms with Gasteiger partial charge in [0.2, 0.25) is 11.8 Å². The molecule has 2 N–H and O–H groups in total. The number of carbonyl (C=O) groups excluding carboxylic acids is 2. The third kappa shape index (κ3) is 4.33. The van der Waals surface area contributed by atoms with Crippen LogP contribution in [0.5, 0.6) is 0 Å². The fourth-order valence-corrected chi connectivity index (χ4v) is 6.19. The van der Waals surface area contributed by atoms with Gasteiger partial charge in [0.05, 0.1) is 41.5 Å². The summed E-state index contributed by atoms with van der Waals surface area (Å²) in [6.45, 7) is 1.39. The number of piperidine rings is 2. The lowest BCUT2D eigenvalue weighted by atomic mass is 9.97. The number of halogens is 6. The molecule has 13 heteroatoms. The normalized spacial score (nSPS) is 30.9. The lowest BCUT2D eigenvalue weighted by Crippen LogP contribution is -2.53. The van der Waals surface area contributed by atoms with Crippen LogP contribution in [-0.2, 0) is 21.9 Å². The van der Waals surface area contributed by atoms with Crippen LogP contribution in [0.4, 0.5) is 26.3 Å². The van der Waals surface area contributed by atoms with Crippen LogP contribution in [-0.4, -0.2) is 63.4 Å². The summed E-state index contributed by atoms with van der Waals surface area (Å²) >= 11 is 0. The molecule has 0 radical (unpaired) electrons. The second kappa shape index (κ2) is 8.59. The molecular weight excluding hydrogens is 504 g/mol. The molecule has 37 heavy (non-hydrogen) atoms. The molecule has 1 aromatic rings. The summed E-state index contributed by atoms with van der Waals surface area (Å²) in [4.78, 5) is 30.8. The first-order valence-electron chi connectivity index (χ1n) is 12.1. The Balaban J connectivity index is 1.37. The smallest absolute Gasteiger partial charge is 0.322 e. The minimum atomic E-state index is -5.00. The summed E-state index contributed by atoms with van der Waals surface area (Å²) in [7, 11) is 0.